The molecule has 0 radical (unpaired) electrons. The van der Waals surface area contributed by atoms with Crippen molar-refractivity contribution >= 4 is 23.3 Å². The number of nitrogens with one attached hydrogen (secondary N) is 2. The van der Waals surface area contributed by atoms with Gasteiger partial charge in [-0.15, -0.1) is 11.3 Å². The van der Waals surface area contributed by atoms with Crippen LogP contribution >= 0.6 is 11.3 Å². The van der Waals surface area contributed by atoms with Crippen LogP contribution in [0.25, 0.3) is 0 Å². The molecule has 0 aromatic carbocycles. The minimum atomic E-state index is -1.05. The molecule has 0 saturated carbocycles. The Balaban J connectivity index is 1.65. The Morgan fingerprint density at radius 1 is 1.19 bits per heavy atom. The molecule has 2 aliphatic heterocycles. The Hall–Kier alpha value is -2.25. The van der Waals surface area contributed by atoms with Crippen molar-refractivity contribution < 1.29 is 9.59 Å². The zero-order chi connectivity index (χ0) is 18.0. The maximum atomic E-state index is 13.5. The van der Waals surface area contributed by atoms with Gasteiger partial charge in [0.05, 0.1) is 5.69 Å². The first-order valence-corrected chi connectivity index (χ1v) is 9.88. The second-order valence-corrected chi connectivity index (χ2v) is 7.80. The number of aromatic nitrogens is 1. The van der Waals surface area contributed by atoms with E-state index in [4.69, 9.17) is 0 Å². The smallest absolute Gasteiger partial charge is 0.318 e. The number of thiophene rings is 1. The van der Waals surface area contributed by atoms with Crippen LogP contribution in [-0.4, -0.2) is 41.5 Å². The first kappa shape index (κ1) is 17.2. The lowest BCUT2D eigenvalue weighted by molar-refractivity contribution is -0.134. The first-order chi connectivity index (χ1) is 12.7. The molecule has 2 N–H and O–H groups in total. The van der Waals surface area contributed by atoms with E-state index in [1.165, 1.54) is 9.78 Å². The number of piperidine rings is 1. The van der Waals surface area contributed by atoms with Crippen molar-refractivity contribution in [3.05, 3.63) is 52.5 Å². The lowest BCUT2D eigenvalue weighted by atomic mass is 9.75. The standard InChI is InChI=1S/C19H22N4O2S/c24-17-19(14-6-10-20-11-7-14,16-5-1-2-9-21-16)22-18(25)23(17)12-8-15-4-3-13-26-15/h1-5,9,13-14,20H,6-8,10-12H2,(H,22,25). The topological polar surface area (TPSA) is 74.3 Å². The van der Waals surface area contributed by atoms with E-state index in [1.807, 2.05) is 35.7 Å². The molecular formula is C19H22N4O2S. The second-order valence-electron chi connectivity index (χ2n) is 6.76. The molecule has 2 aromatic rings. The van der Waals surface area contributed by atoms with Crippen molar-refractivity contribution in [3.8, 4) is 0 Å². The predicted molar refractivity (Wildman–Crippen MR) is 99.8 cm³/mol. The van der Waals surface area contributed by atoms with Gasteiger partial charge in [0.1, 0.15) is 0 Å². The summed E-state index contributed by atoms with van der Waals surface area (Å²) in [4.78, 5) is 33.2. The van der Waals surface area contributed by atoms with E-state index in [2.05, 4.69) is 15.6 Å². The molecule has 0 bridgehead atoms. The van der Waals surface area contributed by atoms with Gasteiger partial charge in [-0.25, -0.2) is 4.79 Å². The van der Waals surface area contributed by atoms with Crippen LogP contribution in [0.4, 0.5) is 4.79 Å². The van der Waals surface area contributed by atoms with Crippen molar-refractivity contribution in [2.45, 2.75) is 24.8 Å². The largest absolute Gasteiger partial charge is 0.325 e. The van der Waals surface area contributed by atoms with Crippen LogP contribution in [0.1, 0.15) is 23.4 Å². The van der Waals surface area contributed by atoms with Crippen molar-refractivity contribution in [1.82, 2.24) is 20.5 Å². The average molecular weight is 370 g/mol. The van der Waals surface area contributed by atoms with Crippen LogP contribution in [0.3, 0.4) is 0 Å². The molecule has 2 aliphatic rings. The van der Waals surface area contributed by atoms with E-state index in [9.17, 15) is 9.59 Å². The summed E-state index contributed by atoms with van der Waals surface area (Å²) in [5, 5.41) is 8.37. The summed E-state index contributed by atoms with van der Waals surface area (Å²) in [5.41, 5.74) is -0.403. The van der Waals surface area contributed by atoms with Crippen molar-refractivity contribution in [3.63, 3.8) is 0 Å². The quantitative estimate of drug-likeness (QED) is 0.791. The summed E-state index contributed by atoms with van der Waals surface area (Å²) in [6, 6.07) is 9.26. The van der Waals surface area contributed by atoms with Gasteiger partial charge < -0.3 is 10.6 Å². The number of carbonyl (C=O) groups excluding carboxylic acids is 2. The maximum Gasteiger partial charge on any atom is 0.325 e. The number of nitrogens with zero attached hydrogens (tertiary/aromatic N) is 2. The molecule has 1 atom stereocenters. The van der Waals surface area contributed by atoms with Crippen molar-refractivity contribution in [2.75, 3.05) is 19.6 Å². The van der Waals surface area contributed by atoms with Gasteiger partial charge in [-0.05, 0) is 61.8 Å². The Bertz CT molecular complexity index is 774. The molecule has 2 saturated heterocycles. The highest BCUT2D eigenvalue weighted by Gasteiger charge is 2.57. The van der Waals surface area contributed by atoms with Crippen LogP contribution in [-0.2, 0) is 16.8 Å². The molecular weight excluding hydrogens is 348 g/mol. The minimum absolute atomic E-state index is 0.0434. The number of urea groups is 1. The third kappa shape index (κ3) is 2.91. The lowest BCUT2D eigenvalue weighted by Gasteiger charge is -2.37. The molecule has 7 heteroatoms. The molecule has 4 heterocycles. The van der Waals surface area contributed by atoms with Gasteiger partial charge in [0.25, 0.3) is 5.91 Å². The summed E-state index contributed by atoms with van der Waals surface area (Å²) < 4.78 is 0. The summed E-state index contributed by atoms with van der Waals surface area (Å²) in [6.07, 6.45) is 4.04. The number of hydrogen-bond donors (Lipinski definition) is 2. The van der Waals surface area contributed by atoms with Crippen LogP contribution in [0.5, 0.6) is 0 Å². The van der Waals surface area contributed by atoms with E-state index >= 15 is 0 Å². The highest BCUT2D eigenvalue weighted by molar-refractivity contribution is 7.09. The number of hydrogen-bond acceptors (Lipinski definition) is 5. The molecule has 0 spiro atoms. The highest BCUT2D eigenvalue weighted by atomic mass is 32.1. The molecule has 26 heavy (non-hydrogen) atoms. The molecule has 136 valence electrons. The van der Waals surface area contributed by atoms with E-state index in [0.717, 1.165) is 25.9 Å². The van der Waals surface area contributed by atoms with Crippen molar-refractivity contribution in [1.29, 1.82) is 0 Å². The van der Waals surface area contributed by atoms with Crippen molar-refractivity contribution in [2.24, 2.45) is 5.92 Å². The fourth-order valence-electron chi connectivity index (χ4n) is 3.99. The van der Waals surface area contributed by atoms with Gasteiger partial charge in [-0.1, -0.05) is 12.1 Å². The molecule has 1 unspecified atom stereocenters. The first-order valence-electron chi connectivity index (χ1n) is 9.00. The van der Waals surface area contributed by atoms with Crippen LogP contribution in [0.2, 0.25) is 0 Å². The minimum Gasteiger partial charge on any atom is -0.318 e. The summed E-state index contributed by atoms with van der Waals surface area (Å²) in [5.74, 6) is -0.119. The van der Waals surface area contributed by atoms with Crippen LogP contribution < -0.4 is 10.6 Å². The predicted octanol–water partition coefficient (Wildman–Crippen LogP) is 2.13. The van der Waals surface area contributed by atoms with Gasteiger partial charge in [-0.2, -0.15) is 0 Å². The van der Waals surface area contributed by atoms with Crippen LogP contribution in [0, 0.1) is 5.92 Å². The fourth-order valence-corrected chi connectivity index (χ4v) is 4.68. The Kier molecular flexibility index (Phi) is 4.74. The number of carbonyl (C=O) groups is 2. The second kappa shape index (κ2) is 7.17. The summed E-state index contributed by atoms with van der Waals surface area (Å²) in [7, 11) is 0. The molecule has 2 aromatic heterocycles. The molecule has 0 aliphatic carbocycles. The summed E-state index contributed by atoms with van der Waals surface area (Å²) >= 11 is 1.64. The lowest BCUT2D eigenvalue weighted by Crippen LogP contribution is -2.53. The third-order valence-electron chi connectivity index (χ3n) is 5.31. The Morgan fingerprint density at radius 2 is 2.04 bits per heavy atom. The Morgan fingerprint density at radius 3 is 2.73 bits per heavy atom. The highest BCUT2D eigenvalue weighted by Crippen LogP contribution is 2.39. The molecule has 3 amide bonds. The van der Waals surface area contributed by atoms with Gasteiger partial charge in [-0.3, -0.25) is 14.7 Å². The molecule has 6 nitrogen and oxygen atoms in total. The van der Waals surface area contributed by atoms with Gasteiger partial charge in [0.15, 0.2) is 5.54 Å². The molecule has 2 fully saturated rings. The number of rotatable bonds is 5. The van der Waals surface area contributed by atoms with Gasteiger partial charge in [0, 0.05) is 17.6 Å². The SMILES string of the molecule is O=C1NC(c2ccccn2)(C2CCNCC2)C(=O)N1CCc1cccs1. The maximum absolute atomic E-state index is 13.5. The van der Waals surface area contributed by atoms with Gasteiger partial charge in [0.2, 0.25) is 0 Å². The third-order valence-corrected chi connectivity index (χ3v) is 6.25. The zero-order valence-electron chi connectivity index (χ0n) is 14.5. The number of amides is 3. The monoisotopic (exact) mass is 370 g/mol. The normalized spacial score (nSPS) is 24.1. The van der Waals surface area contributed by atoms with E-state index in [0.29, 0.717) is 18.7 Å². The zero-order valence-corrected chi connectivity index (χ0v) is 15.3. The number of pyridine rings is 1. The fraction of sp³-hybridized carbons (Fsp3) is 0.421. The average Bonchev–Trinajstić information content (AvgIpc) is 3.29. The van der Waals surface area contributed by atoms with E-state index in [-0.39, 0.29) is 17.9 Å². The number of imide groups is 1. The summed E-state index contributed by atoms with van der Waals surface area (Å²) in [6.45, 7) is 2.08. The Labute approximate surface area is 156 Å². The molecule has 4 rings (SSSR count). The van der Waals surface area contributed by atoms with Crippen LogP contribution in [0.15, 0.2) is 41.9 Å². The van der Waals surface area contributed by atoms with E-state index < -0.39 is 5.54 Å². The van der Waals surface area contributed by atoms with E-state index in [1.54, 1.807) is 17.5 Å². The van der Waals surface area contributed by atoms with Gasteiger partial charge >= 0.3 is 6.03 Å².